The number of benzene rings is 2. The Bertz CT molecular complexity index is 588. The van der Waals surface area contributed by atoms with Crippen LogP contribution in [0.3, 0.4) is 0 Å². The Kier molecular flexibility index (Phi) is 2.82. The van der Waals surface area contributed by atoms with E-state index in [0.29, 0.717) is 5.69 Å². The van der Waals surface area contributed by atoms with Gasteiger partial charge in [-0.3, -0.25) is 4.79 Å². The number of carbonyl (C=O) groups is 1. The summed E-state index contributed by atoms with van der Waals surface area (Å²) in [6.45, 7) is 0. The highest BCUT2D eigenvalue weighted by Gasteiger charge is 2.51. The lowest BCUT2D eigenvalue weighted by Gasteiger charge is -2.15. The summed E-state index contributed by atoms with van der Waals surface area (Å²) in [5, 5.41) is 2.86. The van der Waals surface area contributed by atoms with Crippen LogP contribution in [0.4, 0.5) is 10.1 Å². The molecular weight excluding hydrogens is 241 g/mol. The zero-order valence-electron chi connectivity index (χ0n) is 10.4. The van der Waals surface area contributed by atoms with Crippen molar-refractivity contribution in [2.75, 3.05) is 5.32 Å². The zero-order chi connectivity index (χ0) is 13.3. The van der Waals surface area contributed by atoms with Crippen LogP contribution < -0.4 is 5.32 Å². The summed E-state index contributed by atoms with van der Waals surface area (Å²) in [5.74, 6) is -0.312. The fraction of sp³-hybridized carbons (Fsp3) is 0.188. The van der Waals surface area contributed by atoms with Gasteiger partial charge in [0.25, 0.3) is 0 Å². The van der Waals surface area contributed by atoms with Crippen LogP contribution in [0.5, 0.6) is 0 Å². The average Bonchev–Trinajstić information content (AvgIpc) is 3.24. The monoisotopic (exact) mass is 255 g/mol. The molecule has 2 aromatic carbocycles. The molecule has 1 N–H and O–H groups in total. The molecule has 0 atom stereocenters. The second kappa shape index (κ2) is 4.50. The van der Waals surface area contributed by atoms with E-state index in [0.717, 1.165) is 18.4 Å². The standard InChI is InChI=1S/C16H14FNO/c17-13-6-8-14(9-7-13)18-15(19)16(10-11-16)12-4-2-1-3-5-12/h1-9H,10-11H2,(H,18,19). The smallest absolute Gasteiger partial charge is 0.235 e. The van der Waals surface area contributed by atoms with E-state index in [4.69, 9.17) is 0 Å². The molecule has 0 spiro atoms. The van der Waals surface area contributed by atoms with Gasteiger partial charge in [0.2, 0.25) is 5.91 Å². The third-order valence-electron chi connectivity index (χ3n) is 3.61. The molecule has 1 fully saturated rings. The fourth-order valence-corrected chi connectivity index (χ4v) is 2.31. The number of nitrogens with one attached hydrogen (secondary N) is 1. The molecule has 96 valence electrons. The van der Waals surface area contributed by atoms with Crippen molar-refractivity contribution < 1.29 is 9.18 Å². The summed E-state index contributed by atoms with van der Waals surface area (Å²) in [6, 6.07) is 15.6. The van der Waals surface area contributed by atoms with Gasteiger partial charge in [-0.2, -0.15) is 0 Å². The number of carbonyl (C=O) groups excluding carboxylic acids is 1. The highest BCUT2D eigenvalue weighted by molar-refractivity contribution is 6.01. The number of rotatable bonds is 3. The molecule has 0 saturated heterocycles. The molecule has 1 aliphatic carbocycles. The van der Waals surface area contributed by atoms with Crippen molar-refractivity contribution in [2.45, 2.75) is 18.3 Å². The van der Waals surface area contributed by atoms with Crippen molar-refractivity contribution in [3.63, 3.8) is 0 Å². The van der Waals surface area contributed by atoms with E-state index in [1.807, 2.05) is 30.3 Å². The normalized spacial score (nSPS) is 15.8. The van der Waals surface area contributed by atoms with Crippen molar-refractivity contribution in [3.05, 3.63) is 66.0 Å². The quantitative estimate of drug-likeness (QED) is 0.893. The summed E-state index contributed by atoms with van der Waals surface area (Å²) in [4.78, 5) is 12.4. The average molecular weight is 255 g/mol. The number of hydrogen-bond acceptors (Lipinski definition) is 1. The van der Waals surface area contributed by atoms with Gasteiger partial charge in [0.1, 0.15) is 5.82 Å². The van der Waals surface area contributed by atoms with Gasteiger partial charge in [-0.25, -0.2) is 4.39 Å². The Morgan fingerprint density at radius 3 is 2.21 bits per heavy atom. The highest BCUT2D eigenvalue weighted by Crippen LogP contribution is 2.48. The van der Waals surface area contributed by atoms with Gasteiger partial charge < -0.3 is 5.32 Å². The van der Waals surface area contributed by atoms with Crippen molar-refractivity contribution in [3.8, 4) is 0 Å². The lowest BCUT2D eigenvalue weighted by atomic mass is 9.95. The van der Waals surface area contributed by atoms with E-state index < -0.39 is 5.41 Å². The first-order valence-electron chi connectivity index (χ1n) is 6.33. The van der Waals surface area contributed by atoms with Gasteiger partial charge in [-0.05, 0) is 42.7 Å². The predicted molar refractivity (Wildman–Crippen MR) is 72.4 cm³/mol. The van der Waals surface area contributed by atoms with Gasteiger partial charge in [0.15, 0.2) is 0 Å². The summed E-state index contributed by atoms with van der Waals surface area (Å²) in [7, 11) is 0. The molecule has 3 heteroatoms. The van der Waals surface area contributed by atoms with Crippen LogP contribution in [0.25, 0.3) is 0 Å². The molecule has 2 nitrogen and oxygen atoms in total. The van der Waals surface area contributed by atoms with Crippen LogP contribution in [0.1, 0.15) is 18.4 Å². The first-order chi connectivity index (χ1) is 9.21. The Labute approximate surface area is 111 Å². The lowest BCUT2D eigenvalue weighted by molar-refractivity contribution is -0.118. The molecule has 1 saturated carbocycles. The minimum atomic E-state index is -0.393. The molecular formula is C16H14FNO. The van der Waals surface area contributed by atoms with Gasteiger partial charge in [-0.1, -0.05) is 30.3 Å². The molecule has 0 unspecified atom stereocenters. The zero-order valence-corrected chi connectivity index (χ0v) is 10.4. The first kappa shape index (κ1) is 11.9. The second-order valence-electron chi connectivity index (χ2n) is 4.91. The molecule has 1 amide bonds. The summed E-state index contributed by atoms with van der Waals surface area (Å²) < 4.78 is 12.8. The van der Waals surface area contributed by atoms with Gasteiger partial charge in [0.05, 0.1) is 5.41 Å². The maximum Gasteiger partial charge on any atom is 0.235 e. The topological polar surface area (TPSA) is 29.1 Å². The second-order valence-corrected chi connectivity index (χ2v) is 4.91. The minimum Gasteiger partial charge on any atom is -0.325 e. The largest absolute Gasteiger partial charge is 0.325 e. The third kappa shape index (κ3) is 2.24. The van der Waals surface area contributed by atoms with Crippen LogP contribution in [-0.2, 0) is 10.2 Å². The SMILES string of the molecule is O=C(Nc1ccc(F)cc1)C1(c2ccccc2)CC1. The van der Waals surface area contributed by atoms with Crippen LogP contribution >= 0.6 is 0 Å². The minimum absolute atomic E-state index is 0.00897. The summed E-state index contributed by atoms with van der Waals surface area (Å²) >= 11 is 0. The van der Waals surface area contributed by atoms with Gasteiger partial charge in [0, 0.05) is 5.69 Å². The molecule has 3 rings (SSSR count). The van der Waals surface area contributed by atoms with Crippen molar-refractivity contribution in [1.82, 2.24) is 0 Å². The molecule has 0 aromatic heterocycles. The van der Waals surface area contributed by atoms with E-state index in [1.165, 1.54) is 12.1 Å². The Morgan fingerprint density at radius 2 is 1.63 bits per heavy atom. The predicted octanol–water partition coefficient (Wildman–Crippen LogP) is 3.50. The maximum absolute atomic E-state index is 12.8. The first-order valence-corrected chi connectivity index (χ1v) is 6.33. The lowest BCUT2D eigenvalue weighted by Crippen LogP contribution is -2.27. The molecule has 0 bridgehead atoms. The Morgan fingerprint density at radius 1 is 1.00 bits per heavy atom. The molecule has 19 heavy (non-hydrogen) atoms. The third-order valence-corrected chi connectivity index (χ3v) is 3.61. The Hall–Kier alpha value is -2.16. The van der Waals surface area contributed by atoms with Crippen molar-refractivity contribution in [1.29, 1.82) is 0 Å². The number of halogens is 1. The van der Waals surface area contributed by atoms with Crippen LogP contribution in [0.2, 0.25) is 0 Å². The molecule has 0 heterocycles. The molecule has 0 radical (unpaired) electrons. The highest BCUT2D eigenvalue weighted by atomic mass is 19.1. The number of hydrogen-bond donors (Lipinski definition) is 1. The van der Waals surface area contributed by atoms with Crippen molar-refractivity contribution >= 4 is 11.6 Å². The van der Waals surface area contributed by atoms with E-state index in [2.05, 4.69) is 5.32 Å². The van der Waals surface area contributed by atoms with Crippen molar-refractivity contribution in [2.24, 2.45) is 0 Å². The van der Waals surface area contributed by atoms with Crippen LogP contribution in [0.15, 0.2) is 54.6 Å². The number of amides is 1. The molecule has 1 aliphatic rings. The van der Waals surface area contributed by atoms with Crippen LogP contribution in [0, 0.1) is 5.82 Å². The molecule has 2 aromatic rings. The van der Waals surface area contributed by atoms with E-state index in [-0.39, 0.29) is 11.7 Å². The Balaban J connectivity index is 1.79. The number of anilines is 1. The fourth-order valence-electron chi connectivity index (χ4n) is 2.31. The van der Waals surface area contributed by atoms with E-state index >= 15 is 0 Å². The summed E-state index contributed by atoms with van der Waals surface area (Å²) in [5.41, 5.74) is 1.29. The maximum atomic E-state index is 12.8. The van der Waals surface area contributed by atoms with Gasteiger partial charge >= 0.3 is 0 Å². The summed E-state index contributed by atoms with van der Waals surface area (Å²) in [6.07, 6.45) is 1.73. The molecule has 0 aliphatic heterocycles. The van der Waals surface area contributed by atoms with Gasteiger partial charge in [-0.15, -0.1) is 0 Å². The van der Waals surface area contributed by atoms with E-state index in [1.54, 1.807) is 12.1 Å². The van der Waals surface area contributed by atoms with E-state index in [9.17, 15) is 9.18 Å². The van der Waals surface area contributed by atoms with Crippen LogP contribution in [-0.4, -0.2) is 5.91 Å².